The van der Waals surface area contributed by atoms with E-state index in [0.29, 0.717) is 11.6 Å². The van der Waals surface area contributed by atoms with Crippen molar-refractivity contribution in [3.05, 3.63) is 70.2 Å². The lowest BCUT2D eigenvalue weighted by atomic mass is 9.88. The lowest BCUT2D eigenvalue weighted by molar-refractivity contribution is -0.158. The minimum absolute atomic E-state index is 0.213. The third kappa shape index (κ3) is 3.54. The summed E-state index contributed by atoms with van der Waals surface area (Å²) in [5, 5.41) is 0.613. The topological polar surface area (TPSA) is 46.6 Å². The number of halogens is 1. The van der Waals surface area contributed by atoms with Crippen molar-refractivity contribution in [1.82, 2.24) is 4.90 Å². The second kappa shape index (κ2) is 7.28. The molecule has 4 nitrogen and oxygen atoms in total. The fraction of sp³-hybridized carbons (Fsp3) is 0.300. The predicted octanol–water partition coefficient (Wildman–Crippen LogP) is 3.77. The molecular formula is C20H20ClNO3. The first kappa shape index (κ1) is 17.5. The van der Waals surface area contributed by atoms with Gasteiger partial charge < -0.3 is 9.64 Å². The molecule has 0 N–H and O–H groups in total. The first-order valence-electron chi connectivity index (χ1n) is 8.29. The van der Waals surface area contributed by atoms with Gasteiger partial charge in [0.15, 0.2) is 6.10 Å². The van der Waals surface area contributed by atoms with Crippen molar-refractivity contribution < 1.29 is 14.3 Å². The van der Waals surface area contributed by atoms with E-state index in [-0.39, 0.29) is 11.9 Å². The van der Waals surface area contributed by atoms with E-state index in [2.05, 4.69) is 6.07 Å². The number of esters is 1. The summed E-state index contributed by atoms with van der Waals surface area (Å²) in [4.78, 5) is 25.9. The lowest BCUT2D eigenvalue weighted by Gasteiger charge is -2.39. The van der Waals surface area contributed by atoms with Crippen LogP contribution in [0.4, 0.5) is 0 Å². The molecular weight excluding hydrogens is 338 g/mol. The van der Waals surface area contributed by atoms with E-state index in [9.17, 15) is 9.59 Å². The van der Waals surface area contributed by atoms with Crippen LogP contribution >= 0.6 is 11.6 Å². The van der Waals surface area contributed by atoms with E-state index >= 15 is 0 Å². The van der Waals surface area contributed by atoms with Crippen LogP contribution in [0.2, 0.25) is 5.02 Å². The molecule has 0 fully saturated rings. The first-order valence-corrected chi connectivity index (χ1v) is 8.66. The molecule has 130 valence electrons. The van der Waals surface area contributed by atoms with Crippen LogP contribution in [0.3, 0.4) is 0 Å². The molecule has 2 atom stereocenters. The van der Waals surface area contributed by atoms with Crippen LogP contribution in [-0.4, -0.2) is 29.4 Å². The second-order valence-corrected chi connectivity index (χ2v) is 6.56. The first-order chi connectivity index (χ1) is 12.0. The van der Waals surface area contributed by atoms with Crippen LogP contribution < -0.4 is 0 Å². The Morgan fingerprint density at radius 3 is 2.44 bits per heavy atom. The maximum absolute atomic E-state index is 12.9. The number of ether oxygens (including phenoxy) is 1. The van der Waals surface area contributed by atoms with Gasteiger partial charge in [0.1, 0.15) is 0 Å². The quantitative estimate of drug-likeness (QED) is 0.786. The molecule has 1 aliphatic rings. The summed E-state index contributed by atoms with van der Waals surface area (Å²) in [7, 11) is 0. The third-order valence-corrected chi connectivity index (χ3v) is 4.80. The number of hydrogen-bond acceptors (Lipinski definition) is 3. The Morgan fingerprint density at radius 2 is 1.76 bits per heavy atom. The Hall–Kier alpha value is -2.33. The Balaban J connectivity index is 2.04. The lowest BCUT2D eigenvalue weighted by Crippen LogP contribution is -2.45. The van der Waals surface area contributed by atoms with E-state index in [1.54, 1.807) is 11.8 Å². The standard InChI is InChI=1S/C20H20ClNO3/c1-13(25-14(2)23)20(24)22-12-11-15-7-3-4-8-16(15)19(22)17-9-5-6-10-18(17)21/h3-10,13,19H,11-12H2,1-2H3/t13-,19?/m0/s1. The molecule has 0 spiro atoms. The van der Waals surface area contributed by atoms with Gasteiger partial charge in [-0.05, 0) is 36.1 Å². The molecule has 5 heteroatoms. The average Bonchev–Trinajstić information content (AvgIpc) is 2.60. The summed E-state index contributed by atoms with van der Waals surface area (Å²) in [6.07, 6.45) is -0.0666. The second-order valence-electron chi connectivity index (χ2n) is 6.16. The maximum atomic E-state index is 12.9. The van der Waals surface area contributed by atoms with Gasteiger partial charge in [-0.25, -0.2) is 0 Å². The van der Waals surface area contributed by atoms with Crippen LogP contribution in [-0.2, 0) is 20.7 Å². The summed E-state index contributed by atoms with van der Waals surface area (Å²) < 4.78 is 5.10. The number of rotatable bonds is 3. The van der Waals surface area contributed by atoms with Crippen molar-refractivity contribution in [3.63, 3.8) is 0 Å². The molecule has 1 heterocycles. The largest absolute Gasteiger partial charge is 0.453 e. The number of fused-ring (bicyclic) bond motifs is 1. The van der Waals surface area contributed by atoms with Gasteiger partial charge >= 0.3 is 5.97 Å². The van der Waals surface area contributed by atoms with Gasteiger partial charge in [0.05, 0.1) is 6.04 Å². The molecule has 1 unspecified atom stereocenters. The van der Waals surface area contributed by atoms with Crippen molar-refractivity contribution in [2.75, 3.05) is 6.54 Å². The fourth-order valence-corrected chi connectivity index (χ4v) is 3.61. The number of amides is 1. The summed E-state index contributed by atoms with van der Waals surface area (Å²) in [6.45, 7) is 3.46. The van der Waals surface area contributed by atoms with Gasteiger partial charge in [-0.2, -0.15) is 0 Å². The van der Waals surface area contributed by atoms with Crippen molar-refractivity contribution in [2.45, 2.75) is 32.4 Å². The third-order valence-electron chi connectivity index (χ3n) is 4.46. The number of carbonyl (C=O) groups excluding carboxylic acids is 2. The van der Waals surface area contributed by atoms with Gasteiger partial charge in [-0.15, -0.1) is 0 Å². The zero-order chi connectivity index (χ0) is 18.0. The zero-order valence-electron chi connectivity index (χ0n) is 14.2. The summed E-state index contributed by atoms with van der Waals surface area (Å²) in [5.41, 5.74) is 3.14. The molecule has 1 amide bonds. The summed E-state index contributed by atoms with van der Waals surface area (Å²) >= 11 is 6.43. The molecule has 0 bridgehead atoms. The van der Waals surface area contributed by atoms with E-state index in [1.165, 1.54) is 12.5 Å². The highest BCUT2D eigenvalue weighted by atomic mass is 35.5. The normalized spacial score (nSPS) is 17.6. The minimum atomic E-state index is -0.826. The Labute approximate surface area is 152 Å². The number of carbonyl (C=O) groups is 2. The van der Waals surface area contributed by atoms with Gasteiger partial charge in [-0.1, -0.05) is 54.1 Å². The smallest absolute Gasteiger partial charge is 0.303 e. The highest BCUT2D eigenvalue weighted by Crippen LogP contribution is 2.38. The summed E-state index contributed by atoms with van der Waals surface area (Å²) in [5.74, 6) is -0.679. The van der Waals surface area contributed by atoms with Crippen molar-refractivity contribution in [1.29, 1.82) is 0 Å². The molecule has 0 saturated carbocycles. The SMILES string of the molecule is CC(=O)O[C@@H](C)C(=O)N1CCc2ccccc2C1c1ccccc1Cl. The van der Waals surface area contributed by atoms with E-state index in [0.717, 1.165) is 17.5 Å². The Kier molecular flexibility index (Phi) is 5.09. The van der Waals surface area contributed by atoms with Crippen molar-refractivity contribution in [3.8, 4) is 0 Å². The molecule has 0 aliphatic carbocycles. The van der Waals surface area contributed by atoms with Crippen LogP contribution in [0.15, 0.2) is 48.5 Å². The monoisotopic (exact) mass is 357 g/mol. The van der Waals surface area contributed by atoms with E-state index in [4.69, 9.17) is 16.3 Å². The molecule has 2 aromatic rings. The van der Waals surface area contributed by atoms with E-state index < -0.39 is 12.1 Å². The van der Waals surface area contributed by atoms with Gasteiger partial charge in [-0.3, -0.25) is 9.59 Å². The molecule has 0 saturated heterocycles. The van der Waals surface area contributed by atoms with Crippen LogP contribution in [0.1, 0.15) is 36.6 Å². The maximum Gasteiger partial charge on any atom is 0.303 e. The average molecular weight is 358 g/mol. The minimum Gasteiger partial charge on any atom is -0.453 e. The van der Waals surface area contributed by atoms with Crippen LogP contribution in [0.25, 0.3) is 0 Å². The number of benzene rings is 2. The van der Waals surface area contributed by atoms with Gasteiger partial charge in [0.25, 0.3) is 5.91 Å². The highest BCUT2D eigenvalue weighted by molar-refractivity contribution is 6.31. The predicted molar refractivity (Wildman–Crippen MR) is 96.4 cm³/mol. The fourth-order valence-electron chi connectivity index (χ4n) is 3.37. The molecule has 1 aliphatic heterocycles. The summed E-state index contributed by atoms with van der Waals surface area (Å²) in [6, 6.07) is 15.3. The van der Waals surface area contributed by atoms with Crippen molar-refractivity contribution >= 4 is 23.5 Å². The van der Waals surface area contributed by atoms with Gasteiger partial charge in [0.2, 0.25) is 0 Å². The highest BCUT2D eigenvalue weighted by Gasteiger charge is 2.35. The van der Waals surface area contributed by atoms with Crippen LogP contribution in [0, 0.1) is 0 Å². The Bertz CT molecular complexity index is 805. The molecule has 0 aromatic heterocycles. The number of nitrogens with zero attached hydrogens (tertiary/aromatic N) is 1. The Morgan fingerprint density at radius 1 is 1.12 bits per heavy atom. The van der Waals surface area contributed by atoms with Gasteiger partial charge in [0, 0.05) is 18.5 Å². The van der Waals surface area contributed by atoms with E-state index in [1.807, 2.05) is 42.5 Å². The molecule has 25 heavy (non-hydrogen) atoms. The molecule has 3 rings (SSSR count). The van der Waals surface area contributed by atoms with Crippen LogP contribution in [0.5, 0.6) is 0 Å². The molecule has 2 aromatic carbocycles. The zero-order valence-corrected chi connectivity index (χ0v) is 15.0. The number of hydrogen-bond donors (Lipinski definition) is 0. The van der Waals surface area contributed by atoms with Crippen molar-refractivity contribution in [2.24, 2.45) is 0 Å². The molecule has 0 radical (unpaired) electrons.